The minimum absolute atomic E-state index is 0.291. The molecule has 2 atom stereocenters. The van der Waals surface area contributed by atoms with Gasteiger partial charge in [0.2, 0.25) is 5.91 Å². The van der Waals surface area contributed by atoms with Gasteiger partial charge in [0.25, 0.3) is 0 Å². The number of fused-ring (bicyclic) bond motifs is 1. The Balaban J connectivity index is 1.69. The van der Waals surface area contributed by atoms with E-state index in [2.05, 4.69) is 37.2 Å². The van der Waals surface area contributed by atoms with Gasteiger partial charge in [-0.1, -0.05) is 111 Å². The summed E-state index contributed by atoms with van der Waals surface area (Å²) in [5.74, 6) is -3.14. The minimum atomic E-state index is -1.01. The Kier molecular flexibility index (Phi) is 4.83. The first kappa shape index (κ1) is 20.5. The SMILES string of the molecule is O=C(O)C1C(C(=O)NCc2ccccc2)C2(Br)c3ccccc3C1(Br)c1ccccc12. The van der Waals surface area contributed by atoms with Crippen molar-refractivity contribution < 1.29 is 14.7 Å². The number of aliphatic carboxylic acids is 1. The fourth-order valence-corrected chi connectivity index (χ4v) is 7.51. The van der Waals surface area contributed by atoms with Gasteiger partial charge in [-0.05, 0) is 27.8 Å². The van der Waals surface area contributed by atoms with Gasteiger partial charge in [-0.15, -0.1) is 0 Å². The third kappa shape index (κ3) is 2.77. The molecule has 6 heteroatoms. The van der Waals surface area contributed by atoms with Crippen LogP contribution in [0.1, 0.15) is 27.8 Å². The van der Waals surface area contributed by atoms with E-state index in [0.717, 1.165) is 27.8 Å². The summed E-state index contributed by atoms with van der Waals surface area (Å²) in [5, 5.41) is 13.4. The molecule has 31 heavy (non-hydrogen) atoms. The van der Waals surface area contributed by atoms with E-state index in [1.165, 1.54) is 0 Å². The number of carbonyl (C=O) groups excluding carboxylic acids is 1. The third-order valence-corrected chi connectivity index (χ3v) is 9.17. The van der Waals surface area contributed by atoms with Crippen LogP contribution in [0.2, 0.25) is 0 Å². The second kappa shape index (κ2) is 7.31. The van der Waals surface area contributed by atoms with E-state index in [0.29, 0.717) is 6.54 Å². The molecular formula is C25H19Br2NO3. The third-order valence-electron chi connectivity index (χ3n) is 6.47. The number of hydrogen-bond acceptors (Lipinski definition) is 2. The van der Waals surface area contributed by atoms with Crippen LogP contribution < -0.4 is 5.32 Å². The maximum Gasteiger partial charge on any atom is 0.309 e. The van der Waals surface area contributed by atoms with Crippen LogP contribution in [0.15, 0.2) is 78.9 Å². The van der Waals surface area contributed by atoms with Crippen LogP contribution in [-0.2, 0) is 24.8 Å². The van der Waals surface area contributed by atoms with Gasteiger partial charge in [-0.25, -0.2) is 0 Å². The van der Waals surface area contributed by atoms with Crippen LogP contribution in [0.5, 0.6) is 0 Å². The number of nitrogens with one attached hydrogen (secondary N) is 1. The van der Waals surface area contributed by atoms with Gasteiger partial charge < -0.3 is 10.4 Å². The Labute approximate surface area is 196 Å². The van der Waals surface area contributed by atoms with Crippen LogP contribution in [0, 0.1) is 11.8 Å². The van der Waals surface area contributed by atoms with Crippen LogP contribution in [-0.4, -0.2) is 17.0 Å². The van der Waals surface area contributed by atoms with Crippen LogP contribution in [0.25, 0.3) is 0 Å². The molecular weight excluding hydrogens is 522 g/mol. The number of hydrogen-bond donors (Lipinski definition) is 2. The van der Waals surface area contributed by atoms with Crippen molar-refractivity contribution >= 4 is 43.7 Å². The summed E-state index contributed by atoms with van der Waals surface area (Å²) < 4.78 is -1.95. The van der Waals surface area contributed by atoms with Crippen molar-refractivity contribution in [2.45, 2.75) is 15.2 Å². The first-order valence-corrected chi connectivity index (χ1v) is 11.6. The lowest BCUT2D eigenvalue weighted by atomic mass is 9.53. The molecule has 0 aromatic heterocycles. The minimum Gasteiger partial charge on any atom is -0.481 e. The summed E-state index contributed by atoms with van der Waals surface area (Å²) in [7, 11) is 0. The Morgan fingerprint density at radius 1 is 0.742 bits per heavy atom. The molecule has 0 radical (unpaired) electrons. The molecule has 0 saturated carbocycles. The largest absolute Gasteiger partial charge is 0.481 e. The van der Waals surface area contributed by atoms with Gasteiger partial charge in [0.1, 0.15) is 0 Å². The van der Waals surface area contributed by atoms with E-state index in [1.54, 1.807) is 0 Å². The maximum absolute atomic E-state index is 13.6. The molecule has 1 amide bonds. The molecule has 0 heterocycles. The normalized spacial score (nSPS) is 27.8. The van der Waals surface area contributed by atoms with E-state index >= 15 is 0 Å². The molecule has 0 aliphatic heterocycles. The second-order valence-corrected chi connectivity index (χ2v) is 10.5. The van der Waals surface area contributed by atoms with E-state index in [1.807, 2.05) is 78.9 Å². The average Bonchev–Trinajstić information content (AvgIpc) is 2.79. The van der Waals surface area contributed by atoms with Crippen molar-refractivity contribution in [3.05, 3.63) is 107 Å². The lowest BCUT2D eigenvalue weighted by molar-refractivity contribution is -0.150. The zero-order chi connectivity index (χ0) is 21.8. The van der Waals surface area contributed by atoms with Crippen molar-refractivity contribution in [1.82, 2.24) is 5.32 Å². The number of carboxylic acids is 1. The Morgan fingerprint density at radius 3 is 1.61 bits per heavy atom. The zero-order valence-electron chi connectivity index (χ0n) is 16.4. The molecule has 6 rings (SSSR count). The van der Waals surface area contributed by atoms with Crippen molar-refractivity contribution in [1.29, 1.82) is 0 Å². The topological polar surface area (TPSA) is 66.4 Å². The van der Waals surface area contributed by atoms with Crippen molar-refractivity contribution in [3.63, 3.8) is 0 Å². The first-order chi connectivity index (χ1) is 14.9. The molecule has 2 bridgehead atoms. The highest BCUT2D eigenvalue weighted by Gasteiger charge is 2.68. The molecule has 2 N–H and O–H groups in total. The number of alkyl halides is 2. The van der Waals surface area contributed by atoms with Crippen molar-refractivity contribution in [2.75, 3.05) is 0 Å². The van der Waals surface area contributed by atoms with Gasteiger partial charge in [0, 0.05) is 6.54 Å². The molecule has 0 fully saturated rings. The molecule has 3 aliphatic rings. The van der Waals surface area contributed by atoms with Crippen molar-refractivity contribution in [3.8, 4) is 0 Å². The number of carbonyl (C=O) groups is 2. The Morgan fingerprint density at radius 2 is 1.16 bits per heavy atom. The summed E-state index contributed by atoms with van der Waals surface area (Å²) >= 11 is 7.76. The molecule has 0 saturated heterocycles. The van der Waals surface area contributed by atoms with E-state index in [-0.39, 0.29) is 5.91 Å². The highest BCUT2D eigenvalue weighted by atomic mass is 79.9. The predicted molar refractivity (Wildman–Crippen MR) is 125 cm³/mol. The first-order valence-electron chi connectivity index (χ1n) is 10.0. The van der Waals surface area contributed by atoms with E-state index < -0.39 is 26.5 Å². The smallest absolute Gasteiger partial charge is 0.309 e. The van der Waals surface area contributed by atoms with Crippen LogP contribution in [0.4, 0.5) is 0 Å². The number of amides is 1. The quantitative estimate of drug-likeness (QED) is 0.461. The summed E-state index contributed by atoms with van der Waals surface area (Å²) in [6.45, 7) is 0.337. The standard InChI is InChI=1S/C25H19Br2NO3/c26-24-16-10-4-6-12-18(16)25(27,19-13-7-5-11-17(19)24)21(23(30)31)20(24)22(29)28-14-15-8-2-1-3-9-15/h1-13,20-21H,14H2,(H,28,29)(H,30,31). The molecule has 0 spiro atoms. The van der Waals surface area contributed by atoms with Gasteiger partial charge in [-0.2, -0.15) is 0 Å². The number of benzene rings is 3. The van der Waals surface area contributed by atoms with Gasteiger partial charge in [0.05, 0.1) is 20.5 Å². The van der Waals surface area contributed by atoms with Crippen LogP contribution >= 0.6 is 31.9 Å². The highest BCUT2D eigenvalue weighted by Crippen LogP contribution is 2.68. The summed E-state index contributed by atoms with van der Waals surface area (Å²) in [6, 6.07) is 25.1. The molecule has 3 aromatic rings. The Bertz CT molecular complexity index is 1150. The predicted octanol–water partition coefficient (Wildman–Crippen LogP) is 4.92. The van der Waals surface area contributed by atoms with E-state index in [9.17, 15) is 14.7 Å². The zero-order valence-corrected chi connectivity index (χ0v) is 19.6. The number of rotatable bonds is 4. The Hall–Kier alpha value is -2.44. The number of halogens is 2. The lowest BCUT2D eigenvalue weighted by Gasteiger charge is -2.57. The highest BCUT2D eigenvalue weighted by molar-refractivity contribution is 9.10. The fraction of sp³-hybridized carbons (Fsp3) is 0.200. The summed E-state index contributed by atoms with van der Waals surface area (Å²) in [6.07, 6.45) is 0. The molecule has 3 aromatic carbocycles. The van der Waals surface area contributed by atoms with E-state index in [4.69, 9.17) is 0 Å². The molecule has 2 unspecified atom stereocenters. The fourth-order valence-electron chi connectivity index (χ4n) is 5.19. The average molecular weight is 541 g/mol. The van der Waals surface area contributed by atoms with Gasteiger partial charge in [0.15, 0.2) is 0 Å². The number of carboxylic acid groups (broad SMARTS) is 1. The van der Waals surface area contributed by atoms with Crippen LogP contribution in [0.3, 0.4) is 0 Å². The summed E-state index contributed by atoms with van der Waals surface area (Å²) in [4.78, 5) is 26.3. The molecule has 156 valence electrons. The van der Waals surface area contributed by atoms with Gasteiger partial charge in [-0.3, -0.25) is 9.59 Å². The maximum atomic E-state index is 13.6. The second-order valence-electron chi connectivity index (χ2n) is 8.01. The summed E-state index contributed by atoms with van der Waals surface area (Å²) in [5.41, 5.74) is 4.56. The lowest BCUT2D eigenvalue weighted by Crippen LogP contribution is -2.61. The molecule has 3 aliphatic carbocycles. The van der Waals surface area contributed by atoms with Gasteiger partial charge >= 0.3 is 5.97 Å². The van der Waals surface area contributed by atoms with Crippen molar-refractivity contribution in [2.24, 2.45) is 11.8 Å². The monoisotopic (exact) mass is 539 g/mol. The molecule has 4 nitrogen and oxygen atoms in total.